The van der Waals surface area contributed by atoms with Crippen LogP contribution in [0.15, 0.2) is 83.1 Å². The summed E-state index contributed by atoms with van der Waals surface area (Å²) in [4.78, 5) is 12.3. The third-order valence-electron chi connectivity index (χ3n) is 4.87. The number of benzene rings is 3. The Hall–Kier alpha value is -3.78. The molecular weight excluding hydrogens is 437 g/mol. The monoisotopic (exact) mass is 459 g/mol. The Morgan fingerprint density at radius 1 is 1.00 bits per heavy atom. The number of nitrogens with one attached hydrogen (secondary N) is 1. The van der Waals surface area contributed by atoms with Gasteiger partial charge >= 0.3 is 0 Å². The van der Waals surface area contributed by atoms with Gasteiger partial charge in [-0.15, -0.1) is 10.2 Å². The maximum atomic E-state index is 13.7. The zero-order chi connectivity index (χ0) is 23.2. The Morgan fingerprint density at radius 3 is 2.36 bits per heavy atom. The van der Waals surface area contributed by atoms with E-state index in [-0.39, 0.29) is 11.7 Å². The molecule has 0 fully saturated rings. The quantitative estimate of drug-likeness (QED) is 0.242. The second kappa shape index (κ2) is 10.2. The standard InChI is InChI=1S/C25H22FN5OS/c1-17-7-11-19(12-8-17)24-29-30-25(31(24)21-13-9-18(2)10-14-21)33-16-23(32)28-27-15-20-5-3-4-6-22(20)26/h3-15H,16H2,1-2H3,(H,28,32). The molecule has 0 unspecified atom stereocenters. The average Bonchev–Trinajstić information content (AvgIpc) is 3.24. The summed E-state index contributed by atoms with van der Waals surface area (Å²) in [5.41, 5.74) is 6.86. The highest BCUT2D eigenvalue weighted by Gasteiger charge is 2.17. The SMILES string of the molecule is Cc1ccc(-c2nnc(SCC(=O)NN=Cc3ccccc3F)n2-c2ccc(C)cc2)cc1. The first kappa shape index (κ1) is 22.4. The second-order valence-electron chi connectivity index (χ2n) is 7.45. The maximum Gasteiger partial charge on any atom is 0.250 e. The number of hydrogen-bond acceptors (Lipinski definition) is 5. The van der Waals surface area contributed by atoms with E-state index >= 15 is 0 Å². The molecule has 4 aromatic rings. The smallest absolute Gasteiger partial charge is 0.250 e. The lowest BCUT2D eigenvalue weighted by molar-refractivity contribution is -0.118. The lowest BCUT2D eigenvalue weighted by Gasteiger charge is -2.11. The summed E-state index contributed by atoms with van der Waals surface area (Å²) < 4.78 is 15.6. The first-order valence-electron chi connectivity index (χ1n) is 10.3. The summed E-state index contributed by atoms with van der Waals surface area (Å²) in [7, 11) is 0. The van der Waals surface area contributed by atoms with Crippen molar-refractivity contribution in [1.29, 1.82) is 0 Å². The molecule has 1 amide bonds. The van der Waals surface area contributed by atoms with Gasteiger partial charge < -0.3 is 0 Å². The van der Waals surface area contributed by atoms with E-state index in [1.165, 1.54) is 24.0 Å². The summed E-state index contributed by atoms with van der Waals surface area (Å²) in [5.74, 6) is 0.0361. The molecule has 0 radical (unpaired) electrons. The summed E-state index contributed by atoms with van der Waals surface area (Å²) >= 11 is 1.25. The molecule has 8 heteroatoms. The topological polar surface area (TPSA) is 72.2 Å². The third-order valence-corrected chi connectivity index (χ3v) is 5.79. The highest BCUT2D eigenvalue weighted by Crippen LogP contribution is 2.28. The highest BCUT2D eigenvalue weighted by molar-refractivity contribution is 7.99. The van der Waals surface area contributed by atoms with Crippen LogP contribution in [0.1, 0.15) is 16.7 Å². The van der Waals surface area contributed by atoms with Crippen molar-refractivity contribution in [1.82, 2.24) is 20.2 Å². The first-order valence-corrected chi connectivity index (χ1v) is 11.3. The number of aromatic nitrogens is 3. The van der Waals surface area contributed by atoms with Crippen molar-refractivity contribution >= 4 is 23.9 Å². The van der Waals surface area contributed by atoms with Crippen molar-refractivity contribution in [3.8, 4) is 17.1 Å². The van der Waals surface area contributed by atoms with Crippen molar-refractivity contribution in [2.24, 2.45) is 5.10 Å². The van der Waals surface area contributed by atoms with Gasteiger partial charge in [0.15, 0.2) is 11.0 Å². The minimum Gasteiger partial charge on any atom is -0.272 e. The normalized spacial score (nSPS) is 11.1. The van der Waals surface area contributed by atoms with Crippen LogP contribution in [0.5, 0.6) is 0 Å². The highest BCUT2D eigenvalue weighted by atomic mass is 32.2. The van der Waals surface area contributed by atoms with Crippen molar-refractivity contribution in [2.45, 2.75) is 19.0 Å². The van der Waals surface area contributed by atoms with Crippen LogP contribution in [0.4, 0.5) is 4.39 Å². The van der Waals surface area contributed by atoms with Crippen molar-refractivity contribution < 1.29 is 9.18 Å². The van der Waals surface area contributed by atoms with E-state index in [2.05, 4.69) is 20.7 Å². The molecule has 0 atom stereocenters. The zero-order valence-electron chi connectivity index (χ0n) is 18.2. The lowest BCUT2D eigenvalue weighted by atomic mass is 10.1. The molecule has 0 saturated heterocycles. The molecule has 4 rings (SSSR count). The molecule has 6 nitrogen and oxygen atoms in total. The molecule has 0 aliphatic rings. The largest absolute Gasteiger partial charge is 0.272 e. The number of nitrogens with zero attached hydrogens (tertiary/aromatic N) is 4. The predicted molar refractivity (Wildman–Crippen MR) is 129 cm³/mol. The Kier molecular flexibility index (Phi) is 6.95. The summed E-state index contributed by atoms with van der Waals surface area (Å²) in [6, 6.07) is 22.3. The number of carbonyl (C=O) groups excluding carboxylic acids is 1. The van der Waals surface area contributed by atoms with Crippen molar-refractivity contribution in [2.75, 3.05) is 5.75 Å². The fraction of sp³-hybridized carbons (Fsp3) is 0.120. The van der Waals surface area contributed by atoms with E-state index in [0.29, 0.717) is 16.5 Å². The van der Waals surface area contributed by atoms with Crippen LogP contribution in [0, 0.1) is 19.7 Å². The van der Waals surface area contributed by atoms with Crippen LogP contribution in [-0.4, -0.2) is 32.6 Å². The molecule has 1 heterocycles. The van der Waals surface area contributed by atoms with Gasteiger partial charge in [-0.05, 0) is 32.0 Å². The fourth-order valence-corrected chi connectivity index (χ4v) is 3.84. The van der Waals surface area contributed by atoms with Gasteiger partial charge in [0, 0.05) is 16.8 Å². The van der Waals surface area contributed by atoms with Gasteiger partial charge in [-0.25, -0.2) is 9.82 Å². The van der Waals surface area contributed by atoms with Crippen LogP contribution in [0.25, 0.3) is 17.1 Å². The Balaban J connectivity index is 1.52. The summed E-state index contributed by atoms with van der Waals surface area (Å²) in [6.45, 7) is 4.06. The molecule has 0 bridgehead atoms. The molecule has 3 aromatic carbocycles. The molecule has 166 valence electrons. The maximum absolute atomic E-state index is 13.7. The Labute approximate surface area is 195 Å². The number of thioether (sulfide) groups is 1. The molecule has 0 aliphatic carbocycles. The van der Waals surface area contributed by atoms with Gasteiger partial charge in [0.25, 0.3) is 5.91 Å². The van der Waals surface area contributed by atoms with Crippen LogP contribution in [0.3, 0.4) is 0 Å². The number of hydrazone groups is 1. The first-order chi connectivity index (χ1) is 16.0. The van der Waals surface area contributed by atoms with Crippen LogP contribution < -0.4 is 5.43 Å². The van der Waals surface area contributed by atoms with E-state index < -0.39 is 5.82 Å². The van der Waals surface area contributed by atoms with Gasteiger partial charge in [0.2, 0.25) is 0 Å². The number of rotatable bonds is 7. The van der Waals surface area contributed by atoms with Crippen molar-refractivity contribution in [3.05, 3.63) is 95.3 Å². The number of amides is 1. The van der Waals surface area contributed by atoms with Gasteiger partial charge in [-0.1, -0.05) is 77.5 Å². The molecular formula is C25H22FN5OS. The number of carbonyl (C=O) groups is 1. The van der Waals surface area contributed by atoms with Gasteiger partial charge in [0.1, 0.15) is 5.82 Å². The minimum absolute atomic E-state index is 0.0759. The summed E-state index contributed by atoms with van der Waals surface area (Å²) in [6.07, 6.45) is 1.28. The number of halogens is 1. The molecule has 0 saturated carbocycles. The van der Waals surface area contributed by atoms with E-state index in [9.17, 15) is 9.18 Å². The van der Waals surface area contributed by atoms with Gasteiger partial charge in [0.05, 0.1) is 12.0 Å². The van der Waals surface area contributed by atoms with Crippen LogP contribution >= 0.6 is 11.8 Å². The number of aryl methyl sites for hydroxylation is 2. The fourth-order valence-electron chi connectivity index (χ4n) is 3.10. The van der Waals surface area contributed by atoms with E-state index in [0.717, 1.165) is 22.4 Å². The molecule has 0 spiro atoms. The zero-order valence-corrected chi connectivity index (χ0v) is 19.0. The van der Waals surface area contributed by atoms with Crippen LogP contribution in [0.2, 0.25) is 0 Å². The average molecular weight is 460 g/mol. The molecule has 0 aliphatic heterocycles. The molecule has 1 aromatic heterocycles. The van der Waals surface area contributed by atoms with Gasteiger partial charge in [-0.2, -0.15) is 5.10 Å². The summed E-state index contributed by atoms with van der Waals surface area (Å²) in [5, 5.41) is 13.2. The number of hydrogen-bond donors (Lipinski definition) is 1. The minimum atomic E-state index is -0.403. The second-order valence-corrected chi connectivity index (χ2v) is 8.39. The molecule has 33 heavy (non-hydrogen) atoms. The van der Waals surface area contributed by atoms with Crippen molar-refractivity contribution in [3.63, 3.8) is 0 Å². The van der Waals surface area contributed by atoms with Gasteiger partial charge in [-0.3, -0.25) is 9.36 Å². The van der Waals surface area contributed by atoms with E-state index in [1.807, 2.05) is 66.9 Å². The molecule has 1 N–H and O–H groups in total. The lowest BCUT2D eigenvalue weighted by Crippen LogP contribution is -2.20. The predicted octanol–water partition coefficient (Wildman–Crippen LogP) is 4.93. The van der Waals surface area contributed by atoms with E-state index in [4.69, 9.17) is 0 Å². The Bertz CT molecular complexity index is 1280. The van der Waals surface area contributed by atoms with E-state index in [1.54, 1.807) is 18.2 Å². The van der Waals surface area contributed by atoms with Crippen LogP contribution in [-0.2, 0) is 4.79 Å². The Morgan fingerprint density at radius 2 is 1.67 bits per heavy atom. The third kappa shape index (κ3) is 5.53.